The van der Waals surface area contributed by atoms with E-state index in [4.69, 9.17) is 4.42 Å². The van der Waals surface area contributed by atoms with Crippen molar-refractivity contribution in [2.75, 3.05) is 4.90 Å². The highest BCUT2D eigenvalue weighted by Crippen LogP contribution is 2.47. The van der Waals surface area contributed by atoms with Crippen molar-refractivity contribution < 1.29 is 4.42 Å². The minimum Gasteiger partial charge on any atom is -0.437 e. The Kier molecular flexibility index (Phi) is 7.78. The third-order valence-electron chi connectivity index (χ3n) is 12.6. The summed E-state index contributed by atoms with van der Waals surface area (Å²) >= 11 is 1.86. The van der Waals surface area contributed by atoms with Crippen molar-refractivity contribution in [3.8, 4) is 33.4 Å². The van der Waals surface area contributed by atoms with Crippen LogP contribution in [0.1, 0.15) is 0 Å². The van der Waals surface area contributed by atoms with Gasteiger partial charge in [-0.15, -0.1) is 11.3 Å². The van der Waals surface area contributed by atoms with Gasteiger partial charge >= 0.3 is 0 Å². The Labute approximate surface area is 361 Å². The summed E-state index contributed by atoms with van der Waals surface area (Å²) < 4.78 is 12.0. The van der Waals surface area contributed by atoms with Gasteiger partial charge in [-0.05, 0) is 81.4 Å². The summed E-state index contributed by atoms with van der Waals surface area (Å²) in [7, 11) is 0. The first-order valence-electron chi connectivity index (χ1n) is 21.1. The molecule has 0 bridgehead atoms. The normalized spacial score (nSPS) is 11.9. The maximum atomic E-state index is 7.13. The fraction of sp³-hybridized carbons (Fsp3) is 0. The number of thiophene rings is 1. The van der Waals surface area contributed by atoms with Crippen molar-refractivity contribution in [2.45, 2.75) is 0 Å². The molecule has 3 aromatic heterocycles. The highest BCUT2D eigenvalue weighted by Gasteiger charge is 2.24. The van der Waals surface area contributed by atoms with E-state index in [2.05, 4.69) is 228 Å². The van der Waals surface area contributed by atoms with E-state index in [-0.39, 0.29) is 0 Å². The lowest BCUT2D eigenvalue weighted by Crippen LogP contribution is -2.10. The monoisotopic (exact) mass is 808 g/mol. The first-order chi connectivity index (χ1) is 30.8. The van der Waals surface area contributed by atoms with Crippen LogP contribution < -0.4 is 4.90 Å². The molecule has 3 nitrogen and oxygen atoms in total. The van der Waals surface area contributed by atoms with Crippen LogP contribution in [-0.2, 0) is 0 Å². The summed E-state index contributed by atoms with van der Waals surface area (Å²) in [5, 5.41) is 8.66. The van der Waals surface area contributed by atoms with Gasteiger partial charge in [-0.3, -0.25) is 4.40 Å². The van der Waals surface area contributed by atoms with Gasteiger partial charge in [0.15, 0.2) is 5.58 Å². The SMILES string of the molecule is c1ccc2c(-c3ccc(N(c4ccc(-c5cccc6c5oc5c(-c7cccc8c7sc7ccccc78)c7ccccc7n56)cc4)c4cccc5ccccc45)cc3)cccc2c1. The van der Waals surface area contributed by atoms with E-state index in [1.165, 1.54) is 63.8 Å². The molecule has 3 heterocycles. The number of anilines is 3. The zero-order valence-corrected chi connectivity index (χ0v) is 34.3. The molecule has 13 rings (SSSR count). The number of fused-ring (bicyclic) bond motifs is 10. The highest BCUT2D eigenvalue weighted by atomic mass is 32.1. The van der Waals surface area contributed by atoms with Crippen molar-refractivity contribution in [3.05, 3.63) is 218 Å². The summed E-state index contributed by atoms with van der Waals surface area (Å²) in [6, 6.07) is 78.9. The average molecular weight is 809 g/mol. The van der Waals surface area contributed by atoms with Crippen LogP contribution in [0.25, 0.3) is 103 Å². The molecule has 0 fully saturated rings. The molecular formula is C58H36N2OS. The Morgan fingerprint density at radius 1 is 0.387 bits per heavy atom. The Bertz CT molecular complexity index is 3860. The Hall–Kier alpha value is -7.92. The second-order valence-corrected chi connectivity index (χ2v) is 17.1. The molecule has 290 valence electrons. The van der Waals surface area contributed by atoms with Crippen LogP contribution in [0.2, 0.25) is 0 Å². The molecule has 4 heteroatoms. The lowest BCUT2D eigenvalue weighted by molar-refractivity contribution is 0.659. The van der Waals surface area contributed by atoms with E-state index < -0.39 is 0 Å². The van der Waals surface area contributed by atoms with Crippen molar-refractivity contribution in [2.24, 2.45) is 0 Å². The van der Waals surface area contributed by atoms with Crippen molar-refractivity contribution in [3.63, 3.8) is 0 Å². The minimum absolute atomic E-state index is 0.865. The molecular weight excluding hydrogens is 773 g/mol. The molecule has 13 aromatic rings. The molecule has 0 aliphatic heterocycles. The maximum absolute atomic E-state index is 7.13. The summed E-state index contributed by atoms with van der Waals surface area (Å²) in [4.78, 5) is 2.38. The minimum atomic E-state index is 0.865. The molecule has 0 aliphatic carbocycles. The van der Waals surface area contributed by atoms with E-state index in [0.717, 1.165) is 56.1 Å². The second-order valence-electron chi connectivity index (χ2n) is 16.0. The molecule has 0 radical (unpaired) electrons. The molecule has 0 saturated heterocycles. The van der Waals surface area contributed by atoms with Gasteiger partial charge < -0.3 is 9.32 Å². The van der Waals surface area contributed by atoms with E-state index in [0.29, 0.717) is 0 Å². The van der Waals surface area contributed by atoms with E-state index in [1.54, 1.807) is 0 Å². The van der Waals surface area contributed by atoms with Gasteiger partial charge in [0.25, 0.3) is 0 Å². The quantitative estimate of drug-likeness (QED) is 0.167. The van der Waals surface area contributed by atoms with Crippen LogP contribution in [0.15, 0.2) is 223 Å². The van der Waals surface area contributed by atoms with Gasteiger partial charge in [-0.1, -0.05) is 170 Å². The molecule has 0 amide bonds. The number of hydrogen-bond donors (Lipinski definition) is 0. The number of nitrogens with zero attached hydrogens (tertiary/aromatic N) is 2. The molecule has 0 unspecified atom stereocenters. The number of benzene rings is 10. The van der Waals surface area contributed by atoms with Gasteiger partial charge in [-0.2, -0.15) is 0 Å². The molecule has 10 aromatic carbocycles. The molecule has 0 N–H and O–H groups in total. The van der Waals surface area contributed by atoms with Gasteiger partial charge in [0, 0.05) is 53.4 Å². The zero-order chi connectivity index (χ0) is 40.7. The Morgan fingerprint density at radius 2 is 0.919 bits per heavy atom. The predicted molar refractivity (Wildman–Crippen MR) is 264 cm³/mol. The van der Waals surface area contributed by atoms with E-state index in [1.807, 2.05) is 11.3 Å². The largest absolute Gasteiger partial charge is 0.437 e. The maximum Gasteiger partial charge on any atom is 0.213 e. The number of rotatable bonds is 6. The van der Waals surface area contributed by atoms with Gasteiger partial charge in [0.1, 0.15) is 0 Å². The van der Waals surface area contributed by atoms with Crippen LogP contribution in [0.3, 0.4) is 0 Å². The summed E-state index contributed by atoms with van der Waals surface area (Å²) in [6.07, 6.45) is 0. The number of hydrogen-bond acceptors (Lipinski definition) is 3. The lowest BCUT2D eigenvalue weighted by Gasteiger charge is -2.27. The van der Waals surface area contributed by atoms with Crippen LogP contribution >= 0.6 is 11.3 Å². The van der Waals surface area contributed by atoms with Crippen LogP contribution in [0, 0.1) is 0 Å². The Morgan fingerprint density at radius 3 is 1.71 bits per heavy atom. The van der Waals surface area contributed by atoms with E-state index in [9.17, 15) is 0 Å². The molecule has 0 spiro atoms. The van der Waals surface area contributed by atoms with Crippen LogP contribution in [0.5, 0.6) is 0 Å². The summed E-state index contributed by atoms with van der Waals surface area (Å²) in [5.74, 6) is 0. The molecule has 0 atom stereocenters. The lowest BCUT2D eigenvalue weighted by atomic mass is 9.98. The zero-order valence-electron chi connectivity index (χ0n) is 33.5. The van der Waals surface area contributed by atoms with Crippen LogP contribution in [0.4, 0.5) is 17.1 Å². The smallest absolute Gasteiger partial charge is 0.213 e. The number of oxazole rings is 1. The van der Waals surface area contributed by atoms with E-state index >= 15 is 0 Å². The van der Waals surface area contributed by atoms with Crippen molar-refractivity contribution >= 4 is 97.8 Å². The highest BCUT2D eigenvalue weighted by molar-refractivity contribution is 7.26. The number of aromatic nitrogens is 1. The predicted octanol–water partition coefficient (Wildman–Crippen LogP) is 17.0. The Balaban J connectivity index is 0.951. The first kappa shape index (κ1) is 34.9. The fourth-order valence-corrected chi connectivity index (χ4v) is 11.0. The first-order valence-corrected chi connectivity index (χ1v) is 21.9. The summed E-state index contributed by atoms with van der Waals surface area (Å²) in [5.41, 5.74) is 14.1. The second kappa shape index (κ2) is 13.8. The van der Waals surface area contributed by atoms with Crippen LogP contribution in [-0.4, -0.2) is 4.40 Å². The molecule has 0 saturated carbocycles. The fourth-order valence-electron chi connectivity index (χ4n) is 9.78. The third kappa shape index (κ3) is 5.30. The van der Waals surface area contributed by atoms with Gasteiger partial charge in [0.2, 0.25) is 5.71 Å². The number of para-hydroxylation sites is 2. The topological polar surface area (TPSA) is 20.8 Å². The van der Waals surface area contributed by atoms with Gasteiger partial charge in [-0.25, -0.2) is 0 Å². The summed E-state index contributed by atoms with van der Waals surface area (Å²) in [6.45, 7) is 0. The standard InChI is InChI=1S/C58H36N2OS/c1-3-17-43-37(13-1)15-9-21-44(43)39-29-33-41(34-30-39)59(51-26-10-16-38-14-2-4-18-45(38)51)42-35-31-40(32-36-42)46-22-12-27-53-56(46)61-58-55(49-20-5-7-25-52(49)60(53)58)50-24-11-23-48-47-19-6-8-28-54(47)62-57(48)50/h1-36H. The molecule has 0 aliphatic rings. The van der Waals surface area contributed by atoms with Crippen molar-refractivity contribution in [1.82, 2.24) is 4.40 Å². The molecule has 62 heavy (non-hydrogen) atoms. The average Bonchev–Trinajstić information content (AvgIpc) is 4.01. The van der Waals surface area contributed by atoms with Crippen molar-refractivity contribution in [1.29, 1.82) is 0 Å². The third-order valence-corrected chi connectivity index (χ3v) is 13.8. The van der Waals surface area contributed by atoms with Gasteiger partial charge in [0.05, 0.1) is 22.3 Å².